The van der Waals surface area contributed by atoms with Crippen LogP contribution in [0.25, 0.3) is 10.9 Å². The molecule has 3 rings (SSSR count). The zero-order chi connectivity index (χ0) is 15.5. The zero-order valence-corrected chi connectivity index (χ0v) is 12.3. The summed E-state index contributed by atoms with van der Waals surface area (Å²) in [5, 5.41) is 10.2. The SMILES string of the molecule is CCOc1ccc2c(ccn2Cc2cccc(C(=O)O)c2)c1. The minimum Gasteiger partial charge on any atom is -0.494 e. The van der Waals surface area contributed by atoms with Crippen molar-refractivity contribution in [3.05, 3.63) is 65.9 Å². The van der Waals surface area contributed by atoms with Crippen LogP contribution in [0.15, 0.2) is 54.7 Å². The molecule has 0 unspecified atom stereocenters. The molecule has 112 valence electrons. The average molecular weight is 295 g/mol. The monoisotopic (exact) mass is 295 g/mol. The molecule has 0 radical (unpaired) electrons. The maximum atomic E-state index is 11.0. The number of carboxylic acid groups (broad SMARTS) is 1. The lowest BCUT2D eigenvalue weighted by Crippen LogP contribution is -2.01. The van der Waals surface area contributed by atoms with Crippen LogP contribution in [-0.2, 0) is 6.54 Å². The van der Waals surface area contributed by atoms with Crippen LogP contribution in [0.4, 0.5) is 0 Å². The van der Waals surface area contributed by atoms with Crippen molar-refractivity contribution in [1.29, 1.82) is 0 Å². The Hall–Kier alpha value is -2.75. The van der Waals surface area contributed by atoms with Crippen LogP contribution in [0, 0.1) is 0 Å². The summed E-state index contributed by atoms with van der Waals surface area (Å²) in [5.41, 5.74) is 2.38. The number of ether oxygens (including phenoxy) is 1. The second-order valence-corrected chi connectivity index (χ2v) is 5.10. The van der Waals surface area contributed by atoms with Gasteiger partial charge in [-0.3, -0.25) is 0 Å². The second-order valence-electron chi connectivity index (χ2n) is 5.10. The highest BCUT2D eigenvalue weighted by Crippen LogP contribution is 2.23. The van der Waals surface area contributed by atoms with Crippen molar-refractivity contribution in [2.24, 2.45) is 0 Å². The molecule has 0 aliphatic carbocycles. The van der Waals surface area contributed by atoms with Gasteiger partial charge in [0.1, 0.15) is 5.75 Å². The van der Waals surface area contributed by atoms with Gasteiger partial charge in [-0.2, -0.15) is 0 Å². The van der Waals surface area contributed by atoms with Gasteiger partial charge in [0.2, 0.25) is 0 Å². The summed E-state index contributed by atoms with van der Waals surface area (Å²) in [4.78, 5) is 11.0. The van der Waals surface area contributed by atoms with Gasteiger partial charge in [0.15, 0.2) is 0 Å². The van der Waals surface area contributed by atoms with Gasteiger partial charge in [-0.05, 0) is 48.9 Å². The lowest BCUT2D eigenvalue weighted by Gasteiger charge is -2.08. The summed E-state index contributed by atoms with van der Waals surface area (Å²) >= 11 is 0. The van der Waals surface area contributed by atoms with Gasteiger partial charge in [0, 0.05) is 23.6 Å². The Kier molecular flexibility index (Phi) is 3.83. The number of aromatic carboxylic acids is 1. The molecule has 1 aromatic heterocycles. The van der Waals surface area contributed by atoms with E-state index in [4.69, 9.17) is 9.84 Å². The maximum absolute atomic E-state index is 11.0. The van der Waals surface area contributed by atoms with Gasteiger partial charge >= 0.3 is 5.97 Å². The van der Waals surface area contributed by atoms with Crippen molar-refractivity contribution < 1.29 is 14.6 Å². The van der Waals surface area contributed by atoms with Crippen molar-refractivity contribution in [3.63, 3.8) is 0 Å². The molecule has 22 heavy (non-hydrogen) atoms. The van der Waals surface area contributed by atoms with Crippen molar-refractivity contribution in [1.82, 2.24) is 4.57 Å². The largest absolute Gasteiger partial charge is 0.494 e. The predicted octanol–water partition coefficient (Wildman–Crippen LogP) is 3.79. The number of carbonyl (C=O) groups is 1. The summed E-state index contributed by atoms with van der Waals surface area (Å²) in [5.74, 6) is -0.0406. The highest BCUT2D eigenvalue weighted by molar-refractivity contribution is 5.87. The Morgan fingerprint density at radius 2 is 2.05 bits per heavy atom. The third kappa shape index (κ3) is 2.81. The smallest absolute Gasteiger partial charge is 0.335 e. The number of fused-ring (bicyclic) bond motifs is 1. The Balaban J connectivity index is 1.91. The molecule has 0 saturated heterocycles. The normalized spacial score (nSPS) is 10.8. The van der Waals surface area contributed by atoms with Crippen LogP contribution in [0.1, 0.15) is 22.8 Å². The molecule has 0 aliphatic heterocycles. The molecule has 4 heteroatoms. The molecule has 0 aliphatic rings. The Morgan fingerprint density at radius 3 is 2.82 bits per heavy atom. The number of nitrogens with zero attached hydrogens (tertiary/aromatic N) is 1. The topological polar surface area (TPSA) is 51.5 Å². The number of hydrogen-bond donors (Lipinski definition) is 1. The Morgan fingerprint density at radius 1 is 1.18 bits per heavy atom. The summed E-state index contributed by atoms with van der Waals surface area (Å²) in [6.45, 7) is 3.25. The highest BCUT2D eigenvalue weighted by atomic mass is 16.5. The van der Waals surface area contributed by atoms with E-state index in [0.717, 1.165) is 22.2 Å². The van der Waals surface area contributed by atoms with Crippen molar-refractivity contribution in [2.75, 3.05) is 6.61 Å². The number of hydrogen-bond acceptors (Lipinski definition) is 2. The van der Waals surface area contributed by atoms with Crippen LogP contribution in [0.3, 0.4) is 0 Å². The minimum atomic E-state index is -0.902. The lowest BCUT2D eigenvalue weighted by molar-refractivity contribution is 0.0696. The number of carboxylic acids is 1. The molecule has 2 aromatic carbocycles. The Labute approximate surface area is 128 Å². The van der Waals surface area contributed by atoms with Gasteiger partial charge in [0.05, 0.1) is 12.2 Å². The van der Waals surface area contributed by atoms with E-state index in [1.165, 1.54) is 0 Å². The Bertz CT molecular complexity index is 820. The minimum absolute atomic E-state index is 0.313. The maximum Gasteiger partial charge on any atom is 0.335 e. The summed E-state index contributed by atoms with van der Waals surface area (Å²) < 4.78 is 7.61. The van der Waals surface area contributed by atoms with Gasteiger partial charge in [-0.15, -0.1) is 0 Å². The molecule has 3 aromatic rings. The van der Waals surface area contributed by atoms with E-state index in [1.807, 2.05) is 43.5 Å². The first-order chi connectivity index (χ1) is 10.7. The number of rotatable bonds is 5. The summed E-state index contributed by atoms with van der Waals surface area (Å²) in [6, 6.07) is 15.1. The van der Waals surface area contributed by atoms with Crippen LogP contribution < -0.4 is 4.74 Å². The summed E-state index contributed by atoms with van der Waals surface area (Å²) in [6.07, 6.45) is 2.01. The van der Waals surface area contributed by atoms with Gasteiger partial charge in [-0.1, -0.05) is 12.1 Å². The molecule has 0 spiro atoms. The molecule has 0 bridgehead atoms. The third-order valence-electron chi connectivity index (χ3n) is 3.58. The van der Waals surface area contributed by atoms with Crippen molar-refractivity contribution >= 4 is 16.9 Å². The van der Waals surface area contributed by atoms with Crippen molar-refractivity contribution in [3.8, 4) is 5.75 Å². The van der Waals surface area contributed by atoms with Crippen LogP contribution in [0.5, 0.6) is 5.75 Å². The molecule has 1 heterocycles. The molecular weight excluding hydrogens is 278 g/mol. The molecule has 4 nitrogen and oxygen atoms in total. The third-order valence-corrected chi connectivity index (χ3v) is 3.58. The fourth-order valence-corrected chi connectivity index (χ4v) is 2.57. The van der Waals surface area contributed by atoms with E-state index < -0.39 is 5.97 Å². The van der Waals surface area contributed by atoms with E-state index >= 15 is 0 Å². The van der Waals surface area contributed by atoms with Crippen molar-refractivity contribution in [2.45, 2.75) is 13.5 Å². The van der Waals surface area contributed by atoms with Gasteiger partial charge in [0.25, 0.3) is 0 Å². The molecule has 1 N–H and O–H groups in total. The zero-order valence-electron chi connectivity index (χ0n) is 12.3. The first-order valence-corrected chi connectivity index (χ1v) is 7.21. The van der Waals surface area contributed by atoms with Gasteiger partial charge in [-0.25, -0.2) is 4.79 Å². The summed E-state index contributed by atoms with van der Waals surface area (Å²) in [7, 11) is 0. The molecule has 0 amide bonds. The molecule has 0 fully saturated rings. The predicted molar refractivity (Wildman–Crippen MR) is 85.6 cm³/mol. The van der Waals surface area contributed by atoms with E-state index in [9.17, 15) is 4.79 Å². The average Bonchev–Trinajstić information content (AvgIpc) is 2.90. The quantitative estimate of drug-likeness (QED) is 0.779. The van der Waals surface area contributed by atoms with Crippen LogP contribution in [0.2, 0.25) is 0 Å². The molecule has 0 saturated carbocycles. The lowest BCUT2D eigenvalue weighted by atomic mass is 10.1. The first-order valence-electron chi connectivity index (χ1n) is 7.21. The molecule has 0 atom stereocenters. The fraction of sp³-hybridized carbons (Fsp3) is 0.167. The van der Waals surface area contributed by atoms with Crippen LogP contribution >= 0.6 is 0 Å². The van der Waals surface area contributed by atoms with E-state index in [0.29, 0.717) is 18.7 Å². The number of benzene rings is 2. The van der Waals surface area contributed by atoms with Crippen LogP contribution in [-0.4, -0.2) is 22.2 Å². The molecular formula is C18H17NO3. The standard InChI is InChI=1S/C18H17NO3/c1-2-22-16-6-7-17-14(11-16)8-9-19(17)12-13-4-3-5-15(10-13)18(20)21/h3-11H,2,12H2,1H3,(H,20,21). The van der Waals surface area contributed by atoms with E-state index in [2.05, 4.69) is 4.57 Å². The fourth-order valence-electron chi connectivity index (χ4n) is 2.57. The van der Waals surface area contributed by atoms with Gasteiger partial charge < -0.3 is 14.4 Å². The second kappa shape index (κ2) is 5.93. The first kappa shape index (κ1) is 14.2. The number of aromatic nitrogens is 1. The van der Waals surface area contributed by atoms with E-state index in [-0.39, 0.29) is 0 Å². The van der Waals surface area contributed by atoms with E-state index in [1.54, 1.807) is 18.2 Å². The highest BCUT2D eigenvalue weighted by Gasteiger charge is 2.06.